The highest BCUT2D eigenvalue weighted by molar-refractivity contribution is 6.03. The highest BCUT2D eigenvalue weighted by Gasteiger charge is 2.37. The first-order valence-corrected chi connectivity index (χ1v) is 8.80. The topological polar surface area (TPSA) is 58.6 Å². The molecule has 2 aromatic rings. The van der Waals surface area contributed by atoms with E-state index in [1.165, 1.54) is 23.1 Å². The number of carbonyl (C=O) groups is 2. The summed E-state index contributed by atoms with van der Waals surface area (Å²) >= 11 is 0. The normalized spacial score (nSPS) is 16.9. The van der Waals surface area contributed by atoms with Gasteiger partial charge in [0.15, 0.2) is 0 Å². The van der Waals surface area contributed by atoms with Gasteiger partial charge in [-0.15, -0.1) is 0 Å². The average molecular weight is 392 g/mol. The Labute approximate surface area is 160 Å². The summed E-state index contributed by atoms with van der Waals surface area (Å²) in [7, 11) is 0. The van der Waals surface area contributed by atoms with Gasteiger partial charge in [-0.1, -0.05) is 12.1 Å². The number of hydrogen-bond donors (Lipinski definition) is 1. The number of ether oxygens (including phenoxy) is 1. The third kappa shape index (κ3) is 4.27. The molecule has 1 heterocycles. The number of anilines is 2. The SMILES string of the molecule is CCOc1ccc(N2C[C@@H](C(=O)Nc3ccccc3C(F)(F)F)CC2=O)cc1. The van der Waals surface area contributed by atoms with E-state index in [2.05, 4.69) is 5.32 Å². The van der Waals surface area contributed by atoms with E-state index >= 15 is 0 Å². The predicted molar refractivity (Wildman–Crippen MR) is 98.1 cm³/mol. The summed E-state index contributed by atoms with van der Waals surface area (Å²) in [6, 6.07) is 11.6. The van der Waals surface area contributed by atoms with E-state index < -0.39 is 23.6 Å². The van der Waals surface area contributed by atoms with Crippen molar-refractivity contribution >= 4 is 23.2 Å². The summed E-state index contributed by atoms with van der Waals surface area (Å²) in [6.07, 6.45) is -4.64. The summed E-state index contributed by atoms with van der Waals surface area (Å²) in [5, 5.41) is 2.32. The Kier molecular flexibility index (Phi) is 5.58. The molecule has 0 aromatic heterocycles. The van der Waals surface area contributed by atoms with E-state index in [0.29, 0.717) is 18.0 Å². The van der Waals surface area contributed by atoms with Gasteiger partial charge in [-0.2, -0.15) is 13.2 Å². The molecule has 0 saturated carbocycles. The van der Waals surface area contributed by atoms with E-state index in [-0.39, 0.29) is 24.6 Å². The van der Waals surface area contributed by atoms with Crippen LogP contribution in [0.5, 0.6) is 5.75 Å². The fourth-order valence-corrected chi connectivity index (χ4v) is 3.10. The molecule has 0 spiro atoms. The summed E-state index contributed by atoms with van der Waals surface area (Å²) < 4.78 is 44.6. The largest absolute Gasteiger partial charge is 0.494 e. The molecule has 1 fully saturated rings. The lowest BCUT2D eigenvalue weighted by molar-refractivity contribution is -0.137. The Morgan fingerprint density at radius 2 is 1.86 bits per heavy atom. The number of halogens is 3. The molecule has 0 unspecified atom stereocenters. The van der Waals surface area contributed by atoms with Gasteiger partial charge >= 0.3 is 6.18 Å². The van der Waals surface area contributed by atoms with E-state index in [1.807, 2.05) is 6.92 Å². The van der Waals surface area contributed by atoms with Crippen molar-refractivity contribution in [1.29, 1.82) is 0 Å². The van der Waals surface area contributed by atoms with Crippen LogP contribution in [0.25, 0.3) is 0 Å². The number of benzene rings is 2. The average Bonchev–Trinajstić information content (AvgIpc) is 3.04. The van der Waals surface area contributed by atoms with Gasteiger partial charge in [0.2, 0.25) is 11.8 Å². The van der Waals surface area contributed by atoms with Gasteiger partial charge in [-0.25, -0.2) is 0 Å². The smallest absolute Gasteiger partial charge is 0.418 e. The third-order valence-corrected chi connectivity index (χ3v) is 4.45. The van der Waals surface area contributed by atoms with Crippen LogP contribution in [0.2, 0.25) is 0 Å². The van der Waals surface area contributed by atoms with Gasteiger partial charge in [-0.3, -0.25) is 9.59 Å². The minimum Gasteiger partial charge on any atom is -0.494 e. The molecule has 148 valence electrons. The molecule has 2 amide bonds. The highest BCUT2D eigenvalue weighted by Crippen LogP contribution is 2.35. The molecule has 1 aliphatic rings. The van der Waals surface area contributed by atoms with Crippen molar-refractivity contribution in [2.45, 2.75) is 19.5 Å². The molecular formula is C20H19F3N2O3. The summed E-state index contributed by atoms with van der Waals surface area (Å²) in [4.78, 5) is 26.2. The van der Waals surface area contributed by atoms with Gasteiger partial charge in [0.25, 0.3) is 0 Å². The highest BCUT2D eigenvalue weighted by atomic mass is 19.4. The zero-order chi connectivity index (χ0) is 20.3. The molecule has 8 heteroatoms. The molecule has 1 aliphatic heterocycles. The first-order valence-electron chi connectivity index (χ1n) is 8.80. The van der Waals surface area contributed by atoms with Crippen molar-refractivity contribution in [3.8, 4) is 5.75 Å². The predicted octanol–water partition coefficient (Wildman–Crippen LogP) is 4.10. The first-order chi connectivity index (χ1) is 13.3. The zero-order valence-electron chi connectivity index (χ0n) is 15.1. The number of amides is 2. The maximum Gasteiger partial charge on any atom is 0.418 e. The molecular weight excluding hydrogens is 373 g/mol. The maximum atomic E-state index is 13.1. The quantitative estimate of drug-likeness (QED) is 0.834. The minimum atomic E-state index is -4.58. The lowest BCUT2D eigenvalue weighted by Crippen LogP contribution is -2.28. The van der Waals surface area contributed by atoms with Crippen molar-refractivity contribution in [1.82, 2.24) is 0 Å². The van der Waals surface area contributed by atoms with E-state index in [1.54, 1.807) is 24.3 Å². The maximum absolute atomic E-state index is 13.1. The van der Waals surface area contributed by atoms with Gasteiger partial charge in [-0.05, 0) is 43.3 Å². The fraction of sp³-hybridized carbons (Fsp3) is 0.300. The first kappa shape index (κ1) is 19.7. The van der Waals surface area contributed by atoms with Gasteiger partial charge in [0.1, 0.15) is 5.75 Å². The van der Waals surface area contributed by atoms with Gasteiger partial charge in [0.05, 0.1) is 23.8 Å². The number of nitrogens with one attached hydrogen (secondary N) is 1. The van der Waals surface area contributed by atoms with Crippen LogP contribution in [-0.2, 0) is 15.8 Å². The van der Waals surface area contributed by atoms with Crippen molar-refractivity contribution in [3.63, 3.8) is 0 Å². The summed E-state index contributed by atoms with van der Waals surface area (Å²) in [6.45, 7) is 2.48. The second kappa shape index (κ2) is 7.92. The van der Waals surface area contributed by atoms with Crippen molar-refractivity contribution in [3.05, 3.63) is 54.1 Å². The Morgan fingerprint density at radius 1 is 1.18 bits per heavy atom. The molecule has 1 atom stereocenters. The Morgan fingerprint density at radius 3 is 2.50 bits per heavy atom. The molecule has 0 aliphatic carbocycles. The second-order valence-corrected chi connectivity index (χ2v) is 6.36. The zero-order valence-corrected chi connectivity index (χ0v) is 15.1. The lowest BCUT2D eigenvalue weighted by Gasteiger charge is -2.18. The minimum absolute atomic E-state index is 0.0623. The standard InChI is InChI=1S/C20H19F3N2O3/c1-2-28-15-9-7-14(8-10-15)25-12-13(11-18(25)26)19(27)24-17-6-4-3-5-16(17)20(21,22)23/h3-10,13H,2,11-12H2,1H3,(H,24,27)/t13-/m0/s1. The second-order valence-electron chi connectivity index (χ2n) is 6.36. The van der Waals surface area contributed by atoms with Crippen LogP contribution in [-0.4, -0.2) is 25.0 Å². The van der Waals surface area contributed by atoms with Crippen molar-refractivity contribution in [2.24, 2.45) is 5.92 Å². The van der Waals surface area contributed by atoms with Gasteiger partial charge in [0, 0.05) is 18.7 Å². The van der Waals surface area contributed by atoms with Crippen molar-refractivity contribution < 1.29 is 27.5 Å². The summed E-state index contributed by atoms with van der Waals surface area (Å²) in [5.74, 6) is -0.941. The molecule has 0 bridgehead atoms. The van der Waals surface area contributed by atoms with E-state index in [4.69, 9.17) is 4.74 Å². The molecule has 1 N–H and O–H groups in total. The van der Waals surface area contributed by atoms with Gasteiger partial charge < -0.3 is 15.0 Å². The summed E-state index contributed by atoms with van der Waals surface area (Å²) in [5.41, 5.74) is -0.623. The van der Waals surface area contributed by atoms with Crippen LogP contribution >= 0.6 is 0 Å². The van der Waals surface area contributed by atoms with Crippen LogP contribution in [0, 0.1) is 5.92 Å². The van der Waals surface area contributed by atoms with Crippen LogP contribution in [0.15, 0.2) is 48.5 Å². The van der Waals surface area contributed by atoms with Crippen LogP contribution in [0.3, 0.4) is 0 Å². The number of carbonyl (C=O) groups excluding carboxylic acids is 2. The molecule has 3 rings (SSSR count). The molecule has 0 radical (unpaired) electrons. The number of para-hydroxylation sites is 1. The monoisotopic (exact) mass is 392 g/mol. The van der Waals surface area contributed by atoms with Crippen LogP contribution in [0.1, 0.15) is 18.9 Å². The van der Waals surface area contributed by atoms with Crippen molar-refractivity contribution in [2.75, 3.05) is 23.4 Å². The molecule has 28 heavy (non-hydrogen) atoms. The van der Waals surface area contributed by atoms with E-state index in [0.717, 1.165) is 6.07 Å². The molecule has 5 nitrogen and oxygen atoms in total. The molecule has 2 aromatic carbocycles. The molecule has 1 saturated heterocycles. The number of rotatable bonds is 5. The van der Waals surface area contributed by atoms with E-state index in [9.17, 15) is 22.8 Å². The lowest BCUT2D eigenvalue weighted by atomic mass is 10.1. The Bertz CT molecular complexity index is 866. The van der Waals surface area contributed by atoms with Crippen LogP contribution in [0.4, 0.5) is 24.5 Å². The Balaban J connectivity index is 1.71. The van der Waals surface area contributed by atoms with Crippen LogP contribution < -0.4 is 15.0 Å². The third-order valence-electron chi connectivity index (χ3n) is 4.45. The fourth-order valence-electron chi connectivity index (χ4n) is 3.10. The number of hydrogen-bond acceptors (Lipinski definition) is 3. The Hall–Kier alpha value is -3.03. The number of nitrogens with zero attached hydrogens (tertiary/aromatic N) is 1. The number of alkyl halides is 3.